The SMILES string of the molecule is O=[S@@](Cc1cc(N2CCOCC2)nc(-c2ccccc2)n1)c1ccccc1. The summed E-state index contributed by atoms with van der Waals surface area (Å²) in [7, 11) is -1.15. The van der Waals surface area contributed by atoms with Gasteiger partial charge in [0.1, 0.15) is 5.82 Å². The molecule has 2 heterocycles. The van der Waals surface area contributed by atoms with E-state index in [4.69, 9.17) is 14.7 Å². The molecule has 3 aromatic rings. The van der Waals surface area contributed by atoms with Crippen LogP contribution in [0.15, 0.2) is 71.6 Å². The molecule has 6 heteroatoms. The zero-order valence-electron chi connectivity index (χ0n) is 15.0. The second kappa shape index (κ2) is 8.41. The van der Waals surface area contributed by atoms with Crippen molar-refractivity contribution in [2.24, 2.45) is 0 Å². The van der Waals surface area contributed by atoms with Crippen LogP contribution >= 0.6 is 0 Å². The number of anilines is 1. The average molecular weight is 379 g/mol. The van der Waals surface area contributed by atoms with Gasteiger partial charge in [0.2, 0.25) is 0 Å². The fourth-order valence-corrected chi connectivity index (χ4v) is 4.06. The number of hydrogen-bond donors (Lipinski definition) is 0. The Bertz CT molecular complexity index is 913. The molecule has 0 aliphatic carbocycles. The van der Waals surface area contributed by atoms with Gasteiger partial charge in [-0.15, -0.1) is 0 Å². The predicted molar refractivity (Wildman–Crippen MR) is 107 cm³/mol. The van der Waals surface area contributed by atoms with E-state index in [1.807, 2.05) is 66.7 Å². The molecular formula is C21H21N3O2S. The highest BCUT2D eigenvalue weighted by molar-refractivity contribution is 7.84. The molecule has 0 amide bonds. The minimum Gasteiger partial charge on any atom is -0.378 e. The highest BCUT2D eigenvalue weighted by Gasteiger charge is 2.17. The summed E-state index contributed by atoms with van der Waals surface area (Å²) in [6.07, 6.45) is 0. The van der Waals surface area contributed by atoms with E-state index in [-0.39, 0.29) is 0 Å². The smallest absolute Gasteiger partial charge is 0.161 e. The first-order valence-corrected chi connectivity index (χ1v) is 10.3. The van der Waals surface area contributed by atoms with Gasteiger partial charge in [-0.3, -0.25) is 4.21 Å². The van der Waals surface area contributed by atoms with Gasteiger partial charge in [-0.1, -0.05) is 48.5 Å². The van der Waals surface area contributed by atoms with Crippen molar-refractivity contribution < 1.29 is 8.95 Å². The molecule has 0 bridgehead atoms. The van der Waals surface area contributed by atoms with Gasteiger partial charge in [-0.05, 0) is 12.1 Å². The Kier molecular flexibility index (Phi) is 5.55. The second-order valence-corrected chi connectivity index (χ2v) is 7.76. The summed E-state index contributed by atoms with van der Waals surface area (Å²) in [4.78, 5) is 12.5. The van der Waals surface area contributed by atoms with E-state index >= 15 is 0 Å². The third-order valence-electron chi connectivity index (χ3n) is 4.42. The minimum absolute atomic E-state index is 0.365. The van der Waals surface area contributed by atoms with E-state index in [0.29, 0.717) is 24.8 Å². The summed E-state index contributed by atoms with van der Waals surface area (Å²) in [5.41, 5.74) is 1.74. The first kappa shape index (κ1) is 17.8. The predicted octanol–water partition coefficient (Wildman–Crippen LogP) is 3.29. The van der Waals surface area contributed by atoms with Gasteiger partial charge in [0.15, 0.2) is 5.82 Å². The fraction of sp³-hybridized carbons (Fsp3) is 0.238. The van der Waals surface area contributed by atoms with Crippen molar-refractivity contribution in [1.29, 1.82) is 0 Å². The maximum absolute atomic E-state index is 12.8. The van der Waals surface area contributed by atoms with Crippen LogP contribution in [0.4, 0.5) is 5.82 Å². The zero-order chi connectivity index (χ0) is 18.5. The summed E-state index contributed by atoms with van der Waals surface area (Å²) in [5, 5.41) is 0. The van der Waals surface area contributed by atoms with Crippen LogP contribution in [-0.2, 0) is 21.3 Å². The number of ether oxygens (including phenoxy) is 1. The number of aromatic nitrogens is 2. The molecule has 1 aliphatic rings. The van der Waals surface area contributed by atoms with Gasteiger partial charge >= 0.3 is 0 Å². The largest absolute Gasteiger partial charge is 0.378 e. The number of nitrogens with zero attached hydrogens (tertiary/aromatic N) is 3. The molecule has 2 aromatic carbocycles. The topological polar surface area (TPSA) is 55.3 Å². The van der Waals surface area contributed by atoms with Crippen LogP contribution in [0, 0.1) is 0 Å². The molecule has 0 N–H and O–H groups in total. The molecule has 0 spiro atoms. The van der Waals surface area contributed by atoms with Crippen LogP contribution in [-0.4, -0.2) is 40.5 Å². The van der Waals surface area contributed by atoms with Crippen molar-refractivity contribution in [3.63, 3.8) is 0 Å². The van der Waals surface area contributed by atoms with Crippen LogP contribution in [0.3, 0.4) is 0 Å². The van der Waals surface area contributed by atoms with E-state index in [1.54, 1.807) is 0 Å². The molecule has 4 rings (SSSR count). The first-order chi connectivity index (χ1) is 13.3. The minimum atomic E-state index is -1.15. The Balaban J connectivity index is 1.68. The fourth-order valence-electron chi connectivity index (χ4n) is 3.02. The van der Waals surface area contributed by atoms with Crippen molar-refractivity contribution in [2.75, 3.05) is 31.2 Å². The second-order valence-electron chi connectivity index (χ2n) is 6.31. The molecule has 1 atom stereocenters. The van der Waals surface area contributed by atoms with E-state index in [0.717, 1.165) is 35.1 Å². The lowest BCUT2D eigenvalue weighted by atomic mass is 10.2. The third-order valence-corrected chi connectivity index (χ3v) is 5.77. The van der Waals surface area contributed by atoms with Gasteiger partial charge in [-0.2, -0.15) is 0 Å². The van der Waals surface area contributed by atoms with Gasteiger partial charge in [0.05, 0.1) is 35.5 Å². The maximum atomic E-state index is 12.8. The lowest BCUT2D eigenvalue weighted by Gasteiger charge is -2.28. The lowest BCUT2D eigenvalue weighted by Crippen LogP contribution is -2.37. The Hall–Kier alpha value is -2.57. The van der Waals surface area contributed by atoms with Gasteiger partial charge < -0.3 is 9.64 Å². The summed E-state index contributed by atoms with van der Waals surface area (Å²) in [6.45, 7) is 2.98. The average Bonchev–Trinajstić information content (AvgIpc) is 2.75. The van der Waals surface area contributed by atoms with E-state index in [1.165, 1.54) is 0 Å². The summed E-state index contributed by atoms with van der Waals surface area (Å²) in [5.74, 6) is 1.90. The van der Waals surface area contributed by atoms with Crippen LogP contribution < -0.4 is 4.90 Å². The summed E-state index contributed by atoms with van der Waals surface area (Å²) in [6, 6.07) is 21.4. The molecule has 138 valence electrons. The van der Waals surface area contributed by atoms with Crippen molar-refractivity contribution >= 4 is 16.6 Å². The van der Waals surface area contributed by atoms with Crippen molar-refractivity contribution in [3.8, 4) is 11.4 Å². The zero-order valence-corrected chi connectivity index (χ0v) is 15.8. The molecule has 0 radical (unpaired) electrons. The molecule has 0 unspecified atom stereocenters. The quantitative estimate of drug-likeness (QED) is 0.681. The monoisotopic (exact) mass is 379 g/mol. The standard InChI is InChI=1S/C21H21N3O2S/c25-27(19-9-5-2-6-10-19)16-18-15-20(24-11-13-26-14-12-24)23-21(22-18)17-7-3-1-4-8-17/h1-10,15H,11-14,16H2/t27-/m0/s1. The number of rotatable bonds is 5. The van der Waals surface area contributed by atoms with Gasteiger partial charge in [0, 0.05) is 29.6 Å². The van der Waals surface area contributed by atoms with E-state index in [2.05, 4.69) is 4.90 Å². The molecule has 1 fully saturated rings. The van der Waals surface area contributed by atoms with Crippen molar-refractivity contribution in [1.82, 2.24) is 9.97 Å². The summed E-state index contributed by atoms with van der Waals surface area (Å²) < 4.78 is 18.2. The van der Waals surface area contributed by atoms with Crippen LogP contribution in [0.1, 0.15) is 5.69 Å². The highest BCUT2D eigenvalue weighted by atomic mass is 32.2. The number of benzene rings is 2. The number of morpholine rings is 1. The lowest BCUT2D eigenvalue weighted by molar-refractivity contribution is 0.122. The molecule has 27 heavy (non-hydrogen) atoms. The van der Waals surface area contributed by atoms with Crippen molar-refractivity contribution in [3.05, 3.63) is 72.4 Å². The highest BCUT2D eigenvalue weighted by Crippen LogP contribution is 2.22. The third kappa shape index (κ3) is 4.40. The molecule has 5 nitrogen and oxygen atoms in total. The first-order valence-electron chi connectivity index (χ1n) is 8.99. The molecule has 0 saturated carbocycles. The van der Waals surface area contributed by atoms with Crippen LogP contribution in [0.2, 0.25) is 0 Å². The van der Waals surface area contributed by atoms with Crippen LogP contribution in [0.25, 0.3) is 11.4 Å². The molecule has 1 saturated heterocycles. The van der Waals surface area contributed by atoms with E-state index in [9.17, 15) is 4.21 Å². The van der Waals surface area contributed by atoms with E-state index < -0.39 is 10.8 Å². The Morgan fingerprint density at radius 2 is 1.59 bits per heavy atom. The summed E-state index contributed by atoms with van der Waals surface area (Å²) >= 11 is 0. The van der Waals surface area contributed by atoms with Gasteiger partial charge in [0.25, 0.3) is 0 Å². The Labute approximate surface area is 161 Å². The molecule has 1 aromatic heterocycles. The number of hydrogen-bond acceptors (Lipinski definition) is 5. The molecule has 1 aliphatic heterocycles. The van der Waals surface area contributed by atoms with Crippen molar-refractivity contribution in [2.45, 2.75) is 10.6 Å². The van der Waals surface area contributed by atoms with Gasteiger partial charge in [-0.25, -0.2) is 9.97 Å². The Morgan fingerprint density at radius 3 is 2.30 bits per heavy atom. The molecular weight excluding hydrogens is 358 g/mol. The van der Waals surface area contributed by atoms with Crippen LogP contribution in [0.5, 0.6) is 0 Å². The Morgan fingerprint density at radius 1 is 0.926 bits per heavy atom. The maximum Gasteiger partial charge on any atom is 0.161 e. The normalized spacial score (nSPS) is 15.5.